The van der Waals surface area contributed by atoms with Crippen molar-refractivity contribution in [2.45, 2.75) is 19.8 Å². The first-order valence-electron chi connectivity index (χ1n) is 11.5. The third-order valence-corrected chi connectivity index (χ3v) is 6.22. The minimum absolute atomic E-state index is 0.0183. The molecule has 0 aliphatic carbocycles. The molecule has 3 aromatic rings. The Labute approximate surface area is 196 Å². The van der Waals surface area contributed by atoms with Crippen molar-refractivity contribution in [3.8, 4) is 0 Å². The summed E-state index contributed by atoms with van der Waals surface area (Å²) in [6, 6.07) is 26.2. The fourth-order valence-electron chi connectivity index (χ4n) is 4.24. The standard InChI is InChI=1S/C28H31N3O2/c1-22-9-5-6-12-24(22)20-28(33)31-17-15-30(16-18-31)21-27(32)29-26-14-8-7-13-25(26)19-23-10-3-2-4-11-23/h2-14H,15-21H2,1H3,(H,29,32). The monoisotopic (exact) mass is 441 g/mol. The number of anilines is 1. The lowest BCUT2D eigenvalue weighted by Crippen LogP contribution is -2.50. The van der Waals surface area contributed by atoms with E-state index < -0.39 is 0 Å². The number of hydrogen-bond acceptors (Lipinski definition) is 3. The molecule has 0 bridgehead atoms. The van der Waals surface area contributed by atoms with Crippen molar-refractivity contribution in [3.05, 3.63) is 101 Å². The first-order chi connectivity index (χ1) is 16.1. The van der Waals surface area contributed by atoms with Gasteiger partial charge in [0.05, 0.1) is 13.0 Å². The molecular weight excluding hydrogens is 410 g/mol. The van der Waals surface area contributed by atoms with E-state index in [4.69, 9.17) is 0 Å². The number of nitrogens with one attached hydrogen (secondary N) is 1. The minimum Gasteiger partial charge on any atom is -0.340 e. The van der Waals surface area contributed by atoms with Gasteiger partial charge in [0.25, 0.3) is 0 Å². The van der Waals surface area contributed by atoms with E-state index in [9.17, 15) is 9.59 Å². The predicted octanol–water partition coefficient (Wildman–Crippen LogP) is 3.91. The van der Waals surface area contributed by atoms with Crippen LogP contribution in [-0.4, -0.2) is 54.3 Å². The van der Waals surface area contributed by atoms with E-state index in [2.05, 4.69) is 28.4 Å². The first kappa shape index (κ1) is 22.7. The zero-order valence-electron chi connectivity index (χ0n) is 19.2. The lowest BCUT2D eigenvalue weighted by Gasteiger charge is -2.34. The summed E-state index contributed by atoms with van der Waals surface area (Å²) in [5.41, 5.74) is 5.40. The molecule has 1 saturated heterocycles. The van der Waals surface area contributed by atoms with Crippen LogP contribution < -0.4 is 5.32 Å². The molecule has 33 heavy (non-hydrogen) atoms. The number of para-hydroxylation sites is 1. The van der Waals surface area contributed by atoms with E-state index in [0.29, 0.717) is 39.1 Å². The molecular formula is C28H31N3O2. The van der Waals surface area contributed by atoms with Crippen molar-refractivity contribution in [2.75, 3.05) is 38.0 Å². The normalized spacial score (nSPS) is 14.2. The van der Waals surface area contributed by atoms with Crippen LogP contribution in [-0.2, 0) is 22.4 Å². The molecule has 0 spiro atoms. The summed E-state index contributed by atoms with van der Waals surface area (Å²) in [4.78, 5) is 29.5. The Kier molecular flexibility index (Phi) is 7.53. The second-order valence-corrected chi connectivity index (χ2v) is 8.63. The molecule has 5 nitrogen and oxygen atoms in total. The largest absolute Gasteiger partial charge is 0.340 e. The van der Waals surface area contributed by atoms with Crippen LogP contribution >= 0.6 is 0 Å². The van der Waals surface area contributed by atoms with Gasteiger partial charge < -0.3 is 10.2 Å². The van der Waals surface area contributed by atoms with Crippen LogP contribution in [0, 0.1) is 6.92 Å². The van der Waals surface area contributed by atoms with Crippen LogP contribution in [0.15, 0.2) is 78.9 Å². The number of hydrogen-bond donors (Lipinski definition) is 1. The van der Waals surface area contributed by atoms with E-state index >= 15 is 0 Å². The maximum atomic E-state index is 12.7. The van der Waals surface area contributed by atoms with E-state index in [1.165, 1.54) is 5.56 Å². The quantitative estimate of drug-likeness (QED) is 0.605. The summed E-state index contributed by atoms with van der Waals surface area (Å²) in [6.45, 7) is 5.10. The zero-order valence-corrected chi connectivity index (χ0v) is 19.2. The highest BCUT2D eigenvalue weighted by atomic mass is 16.2. The van der Waals surface area contributed by atoms with Gasteiger partial charge >= 0.3 is 0 Å². The number of aryl methyl sites for hydroxylation is 1. The van der Waals surface area contributed by atoms with Crippen molar-refractivity contribution in [1.29, 1.82) is 0 Å². The van der Waals surface area contributed by atoms with Gasteiger partial charge in [-0.2, -0.15) is 0 Å². The van der Waals surface area contributed by atoms with Gasteiger partial charge in [-0.25, -0.2) is 0 Å². The van der Waals surface area contributed by atoms with Crippen molar-refractivity contribution < 1.29 is 9.59 Å². The summed E-state index contributed by atoms with van der Waals surface area (Å²) >= 11 is 0. The summed E-state index contributed by atoms with van der Waals surface area (Å²) in [7, 11) is 0. The number of amides is 2. The second-order valence-electron chi connectivity index (χ2n) is 8.63. The Bertz CT molecular complexity index is 1090. The molecule has 5 heteroatoms. The van der Waals surface area contributed by atoms with Crippen LogP contribution in [0.1, 0.15) is 22.3 Å². The topological polar surface area (TPSA) is 52.7 Å². The summed E-state index contributed by atoms with van der Waals surface area (Å²) < 4.78 is 0. The highest BCUT2D eigenvalue weighted by Gasteiger charge is 2.23. The van der Waals surface area contributed by atoms with Crippen LogP contribution in [0.4, 0.5) is 5.69 Å². The molecule has 0 saturated carbocycles. The maximum absolute atomic E-state index is 12.7. The van der Waals surface area contributed by atoms with Gasteiger partial charge in [0.2, 0.25) is 11.8 Å². The molecule has 2 amide bonds. The van der Waals surface area contributed by atoms with Crippen LogP contribution in [0.2, 0.25) is 0 Å². The molecule has 1 N–H and O–H groups in total. The number of piperazine rings is 1. The van der Waals surface area contributed by atoms with Gasteiger partial charge in [-0.15, -0.1) is 0 Å². The molecule has 3 aromatic carbocycles. The van der Waals surface area contributed by atoms with Crippen LogP contribution in [0.5, 0.6) is 0 Å². The average Bonchev–Trinajstić information content (AvgIpc) is 2.83. The van der Waals surface area contributed by atoms with E-state index in [-0.39, 0.29) is 11.8 Å². The summed E-state index contributed by atoms with van der Waals surface area (Å²) in [6.07, 6.45) is 1.21. The number of carbonyl (C=O) groups is 2. The van der Waals surface area contributed by atoms with Gasteiger partial charge in [-0.05, 0) is 41.7 Å². The molecule has 170 valence electrons. The van der Waals surface area contributed by atoms with Crippen molar-refractivity contribution in [3.63, 3.8) is 0 Å². The number of benzene rings is 3. The third kappa shape index (κ3) is 6.30. The number of carbonyl (C=O) groups excluding carboxylic acids is 2. The zero-order chi connectivity index (χ0) is 23.0. The Hall–Kier alpha value is -3.44. The van der Waals surface area contributed by atoms with Crippen molar-refractivity contribution in [1.82, 2.24) is 9.80 Å². The summed E-state index contributed by atoms with van der Waals surface area (Å²) in [5.74, 6) is 0.137. The Morgan fingerprint density at radius 2 is 1.42 bits per heavy atom. The first-order valence-corrected chi connectivity index (χ1v) is 11.5. The molecule has 1 aliphatic heterocycles. The predicted molar refractivity (Wildman–Crippen MR) is 132 cm³/mol. The highest BCUT2D eigenvalue weighted by molar-refractivity contribution is 5.93. The molecule has 1 fully saturated rings. The maximum Gasteiger partial charge on any atom is 0.238 e. The highest BCUT2D eigenvalue weighted by Crippen LogP contribution is 2.19. The van der Waals surface area contributed by atoms with Crippen molar-refractivity contribution in [2.24, 2.45) is 0 Å². The Morgan fingerprint density at radius 1 is 0.788 bits per heavy atom. The fraction of sp³-hybridized carbons (Fsp3) is 0.286. The molecule has 1 heterocycles. The van der Waals surface area contributed by atoms with Gasteiger partial charge in [0, 0.05) is 31.9 Å². The molecule has 0 atom stereocenters. The van der Waals surface area contributed by atoms with Gasteiger partial charge in [0.1, 0.15) is 0 Å². The van der Waals surface area contributed by atoms with Crippen LogP contribution in [0.3, 0.4) is 0 Å². The van der Waals surface area contributed by atoms with Gasteiger partial charge in [-0.1, -0.05) is 72.8 Å². The average molecular weight is 442 g/mol. The minimum atomic E-state index is -0.0183. The number of nitrogens with zero attached hydrogens (tertiary/aromatic N) is 2. The lowest BCUT2D eigenvalue weighted by molar-refractivity contribution is -0.132. The second kappa shape index (κ2) is 10.9. The van der Waals surface area contributed by atoms with E-state index in [1.54, 1.807) is 0 Å². The third-order valence-electron chi connectivity index (χ3n) is 6.22. The molecule has 0 radical (unpaired) electrons. The Morgan fingerprint density at radius 3 is 2.15 bits per heavy atom. The van der Waals surface area contributed by atoms with Crippen molar-refractivity contribution >= 4 is 17.5 Å². The van der Waals surface area contributed by atoms with Crippen LogP contribution in [0.25, 0.3) is 0 Å². The Balaban J connectivity index is 1.27. The molecule has 1 aliphatic rings. The van der Waals surface area contributed by atoms with Gasteiger partial charge in [-0.3, -0.25) is 14.5 Å². The summed E-state index contributed by atoms with van der Waals surface area (Å²) in [5, 5.41) is 3.09. The number of rotatable bonds is 7. The molecule has 4 rings (SSSR count). The SMILES string of the molecule is Cc1ccccc1CC(=O)N1CCN(CC(=O)Nc2ccccc2Cc2ccccc2)CC1. The van der Waals surface area contributed by atoms with E-state index in [0.717, 1.165) is 28.8 Å². The van der Waals surface area contributed by atoms with E-state index in [1.807, 2.05) is 72.5 Å². The molecule has 0 unspecified atom stereocenters. The lowest BCUT2D eigenvalue weighted by atomic mass is 10.0. The van der Waals surface area contributed by atoms with Gasteiger partial charge in [0.15, 0.2) is 0 Å². The fourth-order valence-corrected chi connectivity index (χ4v) is 4.24. The smallest absolute Gasteiger partial charge is 0.238 e. The molecule has 0 aromatic heterocycles.